The molecule has 0 bridgehead atoms. The standard InChI is InChI=1S/C22H23NO2S/c1-15(17-3-4-19-12-21(25-2)8-5-18(19)11-17)22(24)23(20-6-7-20)13-16-9-10-26-14-16/h3-5,8-12,14-15,20H,6-7,13H2,1-2H3/t15-/m0/s1. The Morgan fingerprint density at radius 2 is 1.96 bits per heavy atom. The Morgan fingerprint density at radius 1 is 1.19 bits per heavy atom. The van der Waals surface area contributed by atoms with Gasteiger partial charge in [-0.15, -0.1) is 0 Å². The molecule has 1 aromatic heterocycles. The van der Waals surface area contributed by atoms with Crippen LogP contribution in [0.15, 0.2) is 53.2 Å². The molecule has 26 heavy (non-hydrogen) atoms. The van der Waals surface area contributed by atoms with Crippen LogP contribution in [0.3, 0.4) is 0 Å². The van der Waals surface area contributed by atoms with E-state index in [0.717, 1.165) is 41.5 Å². The second kappa shape index (κ2) is 7.12. The van der Waals surface area contributed by atoms with E-state index >= 15 is 0 Å². The monoisotopic (exact) mass is 365 g/mol. The molecular weight excluding hydrogens is 342 g/mol. The molecule has 0 radical (unpaired) electrons. The van der Waals surface area contributed by atoms with Crippen LogP contribution in [0.2, 0.25) is 0 Å². The van der Waals surface area contributed by atoms with Gasteiger partial charge in [-0.3, -0.25) is 4.79 Å². The van der Waals surface area contributed by atoms with E-state index in [0.29, 0.717) is 6.04 Å². The van der Waals surface area contributed by atoms with Crippen LogP contribution in [0.4, 0.5) is 0 Å². The maximum atomic E-state index is 13.2. The number of amides is 1. The molecular formula is C22H23NO2S. The van der Waals surface area contributed by atoms with E-state index in [1.165, 1.54) is 5.56 Å². The van der Waals surface area contributed by atoms with Gasteiger partial charge < -0.3 is 9.64 Å². The Kier molecular flexibility index (Phi) is 4.68. The molecule has 2 aromatic carbocycles. The minimum atomic E-state index is -0.138. The minimum absolute atomic E-state index is 0.138. The van der Waals surface area contributed by atoms with Crippen molar-refractivity contribution in [2.75, 3.05) is 7.11 Å². The molecule has 134 valence electrons. The van der Waals surface area contributed by atoms with E-state index in [9.17, 15) is 4.79 Å². The van der Waals surface area contributed by atoms with Crippen molar-refractivity contribution < 1.29 is 9.53 Å². The van der Waals surface area contributed by atoms with Gasteiger partial charge >= 0.3 is 0 Å². The van der Waals surface area contributed by atoms with Gasteiger partial charge in [-0.05, 0) is 70.6 Å². The van der Waals surface area contributed by atoms with Gasteiger partial charge in [0.2, 0.25) is 5.91 Å². The molecule has 0 N–H and O–H groups in total. The number of carbonyl (C=O) groups is 1. The average Bonchev–Trinajstić information content (AvgIpc) is 3.39. The summed E-state index contributed by atoms with van der Waals surface area (Å²) >= 11 is 1.69. The Balaban J connectivity index is 1.57. The Morgan fingerprint density at radius 3 is 2.65 bits per heavy atom. The maximum Gasteiger partial charge on any atom is 0.230 e. The lowest BCUT2D eigenvalue weighted by molar-refractivity contribution is -0.133. The van der Waals surface area contributed by atoms with Crippen molar-refractivity contribution in [1.82, 2.24) is 4.90 Å². The summed E-state index contributed by atoms with van der Waals surface area (Å²) in [7, 11) is 1.68. The van der Waals surface area contributed by atoms with Crippen LogP contribution < -0.4 is 4.74 Å². The highest BCUT2D eigenvalue weighted by atomic mass is 32.1. The fourth-order valence-corrected chi connectivity index (χ4v) is 4.04. The molecule has 0 spiro atoms. The molecule has 1 saturated carbocycles. The lowest BCUT2D eigenvalue weighted by Gasteiger charge is -2.26. The van der Waals surface area contributed by atoms with Gasteiger partial charge in [-0.1, -0.05) is 24.3 Å². The molecule has 1 aliphatic rings. The number of ether oxygens (including phenoxy) is 1. The summed E-state index contributed by atoms with van der Waals surface area (Å²) in [6, 6.07) is 14.9. The van der Waals surface area contributed by atoms with Crippen LogP contribution in [0.1, 0.15) is 36.8 Å². The summed E-state index contributed by atoms with van der Waals surface area (Å²) in [5.41, 5.74) is 2.30. The van der Waals surface area contributed by atoms with Gasteiger partial charge in [-0.25, -0.2) is 0 Å². The third-order valence-electron chi connectivity index (χ3n) is 5.15. The number of fused-ring (bicyclic) bond motifs is 1. The Hall–Kier alpha value is -2.33. The van der Waals surface area contributed by atoms with Crippen LogP contribution >= 0.6 is 11.3 Å². The van der Waals surface area contributed by atoms with E-state index in [1.54, 1.807) is 18.4 Å². The highest BCUT2D eigenvalue weighted by Gasteiger charge is 2.35. The summed E-state index contributed by atoms with van der Waals surface area (Å²) in [5, 5.41) is 6.48. The third kappa shape index (κ3) is 3.47. The molecule has 0 unspecified atom stereocenters. The van der Waals surface area contributed by atoms with Gasteiger partial charge in [0.05, 0.1) is 13.0 Å². The van der Waals surface area contributed by atoms with Crippen molar-refractivity contribution >= 4 is 28.0 Å². The first kappa shape index (κ1) is 17.1. The van der Waals surface area contributed by atoms with Crippen LogP contribution in [0.5, 0.6) is 5.75 Å². The fourth-order valence-electron chi connectivity index (χ4n) is 3.38. The number of methoxy groups -OCH3 is 1. The van der Waals surface area contributed by atoms with Crippen LogP contribution in [0.25, 0.3) is 10.8 Å². The summed E-state index contributed by atoms with van der Waals surface area (Å²) in [6.45, 7) is 2.75. The van der Waals surface area contributed by atoms with E-state index in [2.05, 4.69) is 46.0 Å². The summed E-state index contributed by atoms with van der Waals surface area (Å²) in [6.07, 6.45) is 2.25. The third-order valence-corrected chi connectivity index (χ3v) is 5.88. The van der Waals surface area contributed by atoms with Crippen molar-refractivity contribution in [2.45, 2.75) is 38.3 Å². The quantitative estimate of drug-likeness (QED) is 0.600. The maximum absolute atomic E-state index is 13.2. The SMILES string of the molecule is COc1ccc2cc([C@H](C)C(=O)N(Cc3ccsc3)C3CC3)ccc2c1. The number of hydrogen-bond donors (Lipinski definition) is 0. The topological polar surface area (TPSA) is 29.5 Å². The lowest BCUT2D eigenvalue weighted by Crippen LogP contribution is -2.35. The summed E-state index contributed by atoms with van der Waals surface area (Å²) < 4.78 is 5.29. The van der Waals surface area contributed by atoms with Crippen molar-refractivity contribution in [3.8, 4) is 5.75 Å². The predicted octanol–water partition coefficient (Wildman–Crippen LogP) is 5.20. The number of carbonyl (C=O) groups excluding carboxylic acids is 1. The number of nitrogens with zero attached hydrogens (tertiary/aromatic N) is 1. The second-order valence-electron chi connectivity index (χ2n) is 7.02. The minimum Gasteiger partial charge on any atom is -0.497 e. The van der Waals surface area contributed by atoms with E-state index in [-0.39, 0.29) is 11.8 Å². The average molecular weight is 365 g/mol. The fraction of sp³-hybridized carbons (Fsp3) is 0.318. The van der Waals surface area contributed by atoms with E-state index in [4.69, 9.17) is 4.74 Å². The molecule has 4 heteroatoms. The van der Waals surface area contributed by atoms with Crippen LogP contribution in [-0.4, -0.2) is 24.0 Å². The van der Waals surface area contributed by atoms with E-state index < -0.39 is 0 Å². The van der Waals surface area contributed by atoms with Crippen molar-refractivity contribution in [2.24, 2.45) is 0 Å². The second-order valence-corrected chi connectivity index (χ2v) is 7.80. The van der Waals surface area contributed by atoms with Crippen molar-refractivity contribution in [3.05, 3.63) is 64.4 Å². The van der Waals surface area contributed by atoms with E-state index in [1.807, 2.05) is 19.1 Å². The van der Waals surface area contributed by atoms with Gasteiger partial charge in [0.15, 0.2) is 0 Å². The zero-order valence-corrected chi connectivity index (χ0v) is 16.0. The zero-order valence-electron chi connectivity index (χ0n) is 15.1. The molecule has 0 saturated heterocycles. The number of thiophene rings is 1. The molecule has 3 aromatic rings. The van der Waals surface area contributed by atoms with Crippen molar-refractivity contribution in [1.29, 1.82) is 0 Å². The van der Waals surface area contributed by atoms with Gasteiger partial charge in [0, 0.05) is 12.6 Å². The molecule has 1 aliphatic carbocycles. The molecule has 1 heterocycles. The zero-order chi connectivity index (χ0) is 18.1. The number of rotatable bonds is 6. The summed E-state index contributed by atoms with van der Waals surface area (Å²) in [4.78, 5) is 15.3. The molecule has 1 fully saturated rings. The first-order valence-corrected chi connectivity index (χ1v) is 9.99. The van der Waals surface area contributed by atoms with Crippen LogP contribution in [0, 0.1) is 0 Å². The molecule has 1 amide bonds. The Labute approximate surface area is 158 Å². The molecule has 1 atom stereocenters. The number of benzene rings is 2. The first-order valence-electron chi connectivity index (χ1n) is 9.05. The first-order chi connectivity index (χ1) is 12.7. The summed E-state index contributed by atoms with van der Waals surface area (Å²) in [5.74, 6) is 0.942. The Bertz CT molecular complexity index is 915. The van der Waals surface area contributed by atoms with Gasteiger partial charge in [-0.2, -0.15) is 11.3 Å². The van der Waals surface area contributed by atoms with Crippen LogP contribution in [-0.2, 0) is 11.3 Å². The predicted molar refractivity (Wildman–Crippen MR) is 107 cm³/mol. The van der Waals surface area contributed by atoms with Gasteiger partial charge in [0.25, 0.3) is 0 Å². The molecule has 0 aliphatic heterocycles. The number of hydrogen-bond acceptors (Lipinski definition) is 3. The normalized spacial score (nSPS) is 15.0. The smallest absolute Gasteiger partial charge is 0.230 e. The highest BCUT2D eigenvalue weighted by Crippen LogP contribution is 2.33. The molecule has 4 rings (SSSR count). The van der Waals surface area contributed by atoms with Gasteiger partial charge in [0.1, 0.15) is 5.75 Å². The molecule has 3 nitrogen and oxygen atoms in total. The highest BCUT2D eigenvalue weighted by molar-refractivity contribution is 7.07. The largest absolute Gasteiger partial charge is 0.497 e. The van der Waals surface area contributed by atoms with Crippen molar-refractivity contribution in [3.63, 3.8) is 0 Å². The lowest BCUT2D eigenvalue weighted by atomic mass is 9.96.